The number of halogens is 5. The average molecular weight is 427 g/mol. The van der Waals surface area contributed by atoms with Gasteiger partial charge in [0.15, 0.2) is 18.2 Å². The SMILES string of the molecule is O=C1COc2cc(Nc3cc(F)c(N4CCC(C(F)(F)F)CC4)c(F)c3)ccc2N1. The second kappa shape index (κ2) is 7.66. The van der Waals surface area contributed by atoms with Crippen molar-refractivity contribution in [3.05, 3.63) is 42.0 Å². The van der Waals surface area contributed by atoms with Crippen LogP contribution >= 0.6 is 0 Å². The van der Waals surface area contributed by atoms with Gasteiger partial charge in [0.1, 0.15) is 11.4 Å². The van der Waals surface area contributed by atoms with Crippen LogP contribution in [-0.2, 0) is 4.79 Å². The first kappa shape index (κ1) is 20.2. The number of nitrogens with one attached hydrogen (secondary N) is 2. The van der Waals surface area contributed by atoms with E-state index >= 15 is 0 Å². The second-order valence-corrected chi connectivity index (χ2v) is 7.26. The van der Waals surface area contributed by atoms with Crippen LogP contribution in [0.3, 0.4) is 0 Å². The standard InChI is InChI=1S/C20H18F5N3O2/c21-14-7-13(26-12-1-2-16-17(9-12)30-10-18(29)27-16)8-15(22)19(14)28-5-3-11(4-6-28)20(23,24)25/h1-2,7-9,11,26H,3-6,10H2,(H,27,29). The Kier molecular flexibility index (Phi) is 5.17. The number of carbonyl (C=O) groups is 1. The maximum absolute atomic E-state index is 14.6. The molecule has 4 rings (SSSR count). The van der Waals surface area contributed by atoms with Gasteiger partial charge in [0, 0.05) is 30.5 Å². The fourth-order valence-electron chi connectivity index (χ4n) is 3.69. The lowest BCUT2D eigenvalue weighted by molar-refractivity contribution is -0.179. The topological polar surface area (TPSA) is 53.6 Å². The Balaban J connectivity index is 1.49. The van der Waals surface area contributed by atoms with E-state index in [1.165, 1.54) is 4.90 Å². The van der Waals surface area contributed by atoms with Crippen molar-refractivity contribution in [1.29, 1.82) is 0 Å². The molecule has 2 aromatic carbocycles. The molecule has 10 heteroatoms. The van der Waals surface area contributed by atoms with E-state index in [0.717, 1.165) is 12.1 Å². The quantitative estimate of drug-likeness (QED) is 0.690. The van der Waals surface area contributed by atoms with Gasteiger partial charge in [0.2, 0.25) is 0 Å². The van der Waals surface area contributed by atoms with Crippen LogP contribution in [0, 0.1) is 17.6 Å². The smallest absolute Gasteiger partial charge is 0.391 e. The van der Waals surface area contributed by atoms with E-state index < -0.39 is 23.7 Å². The molecule has 2 aromatic rings. The minimum Gasteiger partial charge on any atom is -0.482 e. The molecule has 1 saturated heterocycles. The lowest BCUT2D eigenvalue weighted by Crippen LogP contribution is -2.39. The molecule has 0 atom stereocenters. The van der Waals surface area contributed by atoms with E-state index in [1.54, 1.807) is 18.2 Å². The van der Waals surface area contributed by atoms with Crippen molar-refractivity contribution in [3.63, 3.8) is 0 Å². The van der Waals surface area contributed by atoms with Crippen molar-refractivity contribution in [2.24, 2.45) is 5.92 Å². The first-order chi connectivity index (χ1) is 14.2. The highest BCUT2D eigenvalue weighted by Crippen LogP contribution is 2.38. The van der Waals surface area contributed by atoms with Gasteiger partial charge in [0.25, 0.3) is 5.91 Å². The molecule has 0 bridgehead atoms. The molecular weight excluding hydrogens is 409 g/mol. The number of piperidine rings is 1. The molecule has 2 aliphatic rings. The molecule has 5 nitrogen and oxygen atoms in total. The molecule has 160 valence electrons. The van der Waals surface area contributed by atoms with Crippen molar-refractivity contribution in [1.82, 2.24) is 0 Å². The van der Waals surface area contributed by atoms with E-state index in [1.807, 2.05) is 0 Å². The molecule has 0 aliphatic carbocycles. The fraction of sp³-hybridized carbons (Fsp3) is 0.350. The number of alkyl halides is 3. The van der Waals surface area contributed by atoms with Crippen LogP contribution in [0.25, 0.3) is 0 Å². The molecule has 2 heterocycles. The normalized spacial score (nSPS) is 17.2. The highest BCUT2D eigenvalue weighted by molar-refractivity contribution is 5.95. The zero-order chi connectivity index (χ0) is 21.5. The van der Waals surface area contributed by atoms with Crippen molar-refractivity contribution in [3.8, 4) is 5.75 Å². The number of anilines is 4. The Morgan fingerprint density at radius 1 is 1.03 bits per heavy atom. The number of ether oxygens (including phenoxy) is 1. The third-order valence-corrected chi connectivity index (χ3v) is 5.19. The third-order valence-electron chi connectivity index (χ3n) is 5.19. The number of carbonyl (C=O) groups excluding carboxylic acids is 1. The van der Waals surface area contributed by atoms with Gasteiger partial charge in [-0.1, -0.05) is 0 Å². The molecule has 0 saturated carbocycles. The molecule has 30 heavy (non-hydrogen) atoms. The zero-order valence-electron chi connectivity index (χ0n) is 15.7. The van der Waals surface area contributed by atoms with E-state index in [4.69, 9.17) is 4.74 Å². The van der Waals surface area contributed by atoms with Crippen molar-refractivity contribution in [2.75, 3.05) is 35.2 Å². The molecule has 2 aliphatic heterocycles. The van der Waals surface area contributed by atoms with Crippen LogP contribution in [-0.4, -0.2) is 31.8 Å². The first-order valence-electron chi connectivity index (χ1n) is 9.35. The van der Waals surface area contributed by atoms with Crippen LogP contribution in [0.5, 0.6) is 5.75 Å². The zero-order valence-corrected chi connectivity index (χ0v) is 15.7. The van der Waals surface area contributed by atoms with Crippen LogP contribution < -0.4 is 20.3 Å². The molecule has 0 aromatic heterocycles. The van der Waals surface area contributed by atoms with E-state index in [9.17, 15) is 26.7 Å². The van der Waals surface area contributed by atoms with E-state index in [2.05, 4.69) is 10.6 Å². The van der Waals surface area contributed by atoms with Crippen LogP contribution in [0.15, 0.2) is 30.3 Å². The van der Waals surface area contributed by atoms with E-state index in [-0.39, 0.29) is 49.8 Å². The van der Waals surface area contributed by atoms with Gasteiger partial charge in [-0.3, -0.25) is 4.79 Å². The summed E-state index contributed by atoms with van der Waals surface area (Å²) in [5, 5.41) is 5.50. The van der Waals surface area contributed by atoms with Crippen LogP contribution in [0.1, 0.15) is 12.8 Å². The Morgan fingerprint density at radius 3 is 2.33 bits per heavy atom. The summed E-state index contributed by atoms with van der Waals surface area (Å²) in [4.78, 5) is 12.6. The lowest BCUT2D eigenvalue weighted by Gasteiger charge is -2.34. The summed E-state index contributed by atoms with van der Waals surface area (Å²) in [6.07, 6.45) is -4.69. The average Bonchev–Trinajstić information content (AvgIpc) is 2.67. The van der Waals surface area contributed by atoms with Gasteiger partial charge in [-0.2, -0.15) is 13.2 Å². The number of hydrogen-bond donors (Lipinski definition) is 2. The van der Waals surface area contributed by atoms with Gasteiger partial charge in [-0.25, -0.2) is 8.78 Å². The number of amides is 1. The number of hydrogen-bond acceptors (Lipinski definition) is 4. The Morgan fingerprint density at radius 2 is 1.70 bits per heavy atom. The lowest BCUT2D eigenvalue weighted by atomic mass is 9.96. The fourth-order valence-corrected chi connectivity index (χ4v) is 3.69. The Labute approximate surface area is 168 Å². The summed E-state index contributed by atoms with van der Waals surface area (Å²) in [5.41, 5.74) is 0.797. The van der Waals surface area contributed by atoms with E-state index in [0.29, 0.717) is 17.1 Å². The van der Waals surface area contributed by atoms with Gasteiger partial charge < -0.3 is 20.3 Å². The molecule has 1 amide bonds. The minimum atomic E-state index is -4.29. The van der Waals surface area contributed by atoms with Crippen molar-refractivity contribution < 1.29 is 31.5 Å². The van der Waals surface area contributed by atoms with Crippen LogP contribution in [0.4, 0.5) is 44.7 Å². The summed E-state index contributed by atoms with van der Waals surface area (Å²) in [6.45, 7) is -0.267. The van der Waals surface area contributed by atoms with Crippen molar-refractivity contribution in [2.45, 2.75) is 19.0 Å². The second-order valence-electron chi connectivity index (χ2n) is 7.26. The molecular formula is C20H18F5N3O2. The maximum atomic E-state index is 14.6. The molecule has 0 spiro atoms. The summed E-state index contributed by atoms with van der Waals surface area (Å²) in [5.74, 6) is -3.02. The molecule has 0 unspecified atom stereocenters. The number of benzene rings is 2. The highest BCUT2D eigenvalue weighted by Gasteiger charge is 2.41. The molecule has 2 N–H and O–H groups in total. The summed E-state index contributed by atoms with van der Waals surface area (Å²) >= 11 is 0. The van der Waals surface area contributed by atoms with Gasteiger partial charge >= 0.3 is 6.18 Å². The largest absolute Gasteiger partial charge is 0.482 e. The number of nitrogens with zero attached hydrogens (tertiary/aromatic N) is 1. The Hall–Kier alpha value is -3.04. The predicted molar refractivity (Wildman–Crippen MR) is 101 cm³/mol. The van der Waals surface area contributed by atoms with Crippen molar-refractivity contribution >= 4 is 28.7 Å². The monoisotopic (exact) mass is 427 g/mol. The predicted octanol–water partition coefficient (Wildman–Crippen LogP) is 4.82. The van der Waals surface area contributed by atoms with Gasteiger partial charge in [-0.15, -0.1) is 0 Å². The Bertz CT molecular complexity index is 948. The minimum absolute atomic E-state index is 0.0708. The maximum Gasteiger partial charge on any atom is 0.391 e. The third kappa shape index (κ3) is 4.12. The molecule has 0 radical (unpaired) electrons. The molecule has 1 fully saturated rings. The first-order valence-corrected chi connectivity index (χ1v) is 9.35. The van der Waals surface area contributed by atoms with Gasteiger partial charge in [0.05, 0.1) is 11.6 Å². The summed E-state index contributed by atoms with van der Waals surface area (Å²) in [6, 6.07) is 6.98. The van der Waals surface area contributed by atoms with Gasteiger partial charge in [-0.05, 0) is 37.1 Å². The highest BCUT2D eigenvalue weighted by atomic mass is 19.4. The number of rotatable bonds is 3. The summed E-state index contributed by atoms with van der Waals surface area (Å²) < 4.78 is 73.0. The summed E-state index contributed by atoms with van der Waals surface area (Å²) in [7, 11) is 0. The number of fused-ring (bicyclic) bond motifs is 1. The van der Waals surface area contributed by atoms with Crippen LogP contribution in [0.2, 0.25) is 0 Å².